The smallest absolute Gasteiger partial charge is 0.260 e. The molecule has 0 saturated heterocycles. The van der Waals surface area contributed by atoms with E-state index in [0.29, 0.717) is 0 Å². The molecule has 1 atom stereocenters. The maximum atomic E-state index is 12.5. The molecule has 2 heterocycles. The van der Waals surface area contributed by atoms with Crippen molar-refractivity contribution >= 4 is 5.91 Å². The number of hydrogen-bond acceptors (Lipinski definition) is 3. The van der Waals surface area contributed by atoms with Gasteiger partial charge in [0.15, 0.2) is 0 Å². The van der Waals surface area contributed by atoms with Crippen molar-refractivity contribution in [2.75, 3.05) is 0 Å². The topological polar surface area (TPSA) is 75.1 Å². The third-order valence-corrected chi connectivity index (χ3v) is 4.34. The summed E-state index contributed by atoms with van der Waals surface area (Å²) in [6.45, 7) is 8.01. The van der Waals surface area contributed by atoms with Crippen LogP contribution in [0.5, 0.6) is 0 Å². The SMILES string of the molecule is Cc1ccc(C(=O)N[C@H]2CC(C)(C)Cc3oc(C)cc32)c(=O)[nH]1. The van der Waals surface area contributed by atoms with Gasteiger partial charge in [0.25, 0.3) is 11.5 Å². The standard InChI is InChI=1S/C18H22N2O3/c1-10-5-6-12(16(21)19-10)17(22)20-14-8-18(3,4)9-15-13(14)7-11(2)23-15/h5-7,14H,8-9H2,1-4H3,(H,19,21)(H,20,22)/t14-/m0/s1. The first-order valence-corrected chi connectivity index (χ1v) is 7.85. The van der Waals surface area contributed by atoms with Crippen LogP contribution in [0.15, 0.2) is 27.4 Å². The van der Waals surface area contributed by atoms with Gasteiger partial charge in [0.1, 0.15) is 17.1 Å². The molecule has 1 aliphatic carbocycles. The van der Waals surface area contributed by atoms with Crippen LogP contribution in [0.2, 0.25) is 0 Å². The molecular weight excluding hydrogens is 292 g/mol. The predicted molar refractivity (Wildman–Crippen MR) is 87.6 cm³/mol. The van der Waals surface area contributed by atoms with E-state index in [9.17, 15) is 9.59 Å². The Morgan fingerprint density at radius 3 is 2.78 bits per heavy atom. The fourth-order valence-electron chi connectivity index (χ4n) is 3.30. The second kappa shape index (κ2) is 5.41. The zero-order chi connectivity index (χ0) is 16.8. The number of hydrogen-bond donors (Lipinski definition) is 2. The van der Waals surface area contributed by atoms with E-state index in [-0.39, 0.29) is 28.5 Å². The van der Waals surface area contributed by atoms with Crippen LogP contribution in [-0.2, 0) is 6.42 Å². The minimum absolute atomic E-state index is 0.0366. The van der Waals surface area contributed by atoms with Crippen LogP contribution in [0.25, 0.3) is 0 Å². The molecule has 3 rings (SSSR count). The van der Waals surface area contributed by atoms with E-state index in [2.05, 4.69) is 24.1 Å². The van der Waals surface area contributed by atoms with Crippen LogP contribution in [0.1, 0.15) is 59.4 Å². The lowest BCUT2D eigenvalue weighted by molar-refractivity contribution is 0.0916. The molecule has 0 spiro atoms. The Labute approximate surface area is 135 Å². The summed E-state index contributed by atoms with van der Waals surface area (Å²) in [5, 5.41) is 3.00. The zero-order valence-corrected chi connectivity index (χ0v) is 13.9. The minimum Gasteiger partial charge on any atom is -0.466 e. The van der Waals surface area contributed by atoms with Gasteiger partial charge in [-0.25, -0.2) is 0 Å². The molecule has 23 heavy (non-hydrogen) atoms. The van der Waals surface area contributed by atoms with Crippen LogP contribution in [0, 0.1) is 19.3 Å². The van der Waals surface area contributed by atoms with Crippen LogP contribution >= 0.6 is 0 Å². The van der Waals surface area contributed by atoms with Crippen LogP contribution in [0.4, 0.5) is 0 Å². The second-order valence-electron chi connectivity index (χ2n) is 7.19. The quantitative estimate of drug-likeness (QED) is 0.894. The Kier molecular flexibility index (Phi) is 3.66. The summed E-state index contributed by atoms with van der Waals surface area (Å²) in [5.41, 5.74) is 1.58. The van der Waals surface area contributed by atoms with Crippen LogP contribution in [-0.4, -0.2) is 10.9 Å². The Hall–Kier alpha value is -2.30. The summed E-state index contributed by atoms with van der Waals surface area (Å²) in [7, 11) is 0. The van der Waals surface area contributed by atoms with Gasteiger partial charge in [0, 0.05) is 17.7 Å². The van der Waals surface area contributed by atoms with E-state index in [1.54, 1.807) is 19.1 Å². The third-order valence-electron chi connectivity index (χ3n) is 4.34. The van der Waals surface area contributed by atoms with Crippen LogP contribution < -0.4 is 10.9 Å². The summed E-state index contributed by atoms with van der Waals surface area (Å²) >= 11 is 0. The largest absolute Gasteiger partial charge is 0.466 e. The fourth-order valence-corrected chi connectivity index (χ4v) is 3.30. The lowest BCUT2D eigenvalue weighted by Crippen LogP contribution is -2.38. The summed E-state index contributed by atoms with van der Waals surface area (Å²) in [6.07, 6.45) is 1.67. The molecule has 122 valence electrons. The minimum atomic E-state index is -0.360. The Bertz CT molecular complexity index is 814. The molecule has 1 aliphatic rings. The normalized spacial score (nSPS) is 19.2. The molecule has 0 fully saturated rings. The lowest BCUT2D eigenvalue weighted by Gasteiger charge is -2.34. The number of nitrogens with one attached hydrogen (secondary N) is 2. The van der Waals surface area contributed by atoms with Gasteiger partial charge in [-0.05, 0) is 43.9 Å². The van der Waals surface area contributed by atoms with Gasteiger partial charge in [-0.2, -0.15) is 0 Å². The molecule has 0 aromatic carbocycles. The monoisotopic (exact) mass is 314 g/mol. The molecule has 2 aromatic rings. The number of amides is 1. The number of carbonyl (C=O) groups excluding carboxylic acids is 1. The van der Waals surface area contributed by atoms with E-state index in [1.807, 2.05) is 13.0 Å². The molecule has 0 unspecified atom stereocenters. The van der Waals surface area contributed by atoms with Gasteiger partial charge < -0.3 is 14.7 Å². The highest BCUT2D eigenvalue weighted by Crippen LogP contribution is 2.42. The van der Waals surface area contributed by atoms with Gasteiger partial charge in [-0.3, -0.25) is 9.59 Å². The van der Waals surface area contributed by atoms with E-state index >= 15 is 0 Å². The first kappa shape index (κ1) is 15.6. The van der Waals surface area contributed by atoms with Crippen molar-refractivity contribution in [2.24, 2.45) is 5.41 Å². The number of aryl methyl sites for hydroxylation is 2. The molecule has 1 amide bonds. The Balaban J connectivity index is 1.90. The van der Waals surface area contributed by atoms with Crippen molar-refractivity contribution in [3.8, 4) is 0 Å². The van der Waals surface area contributed by atoms with Gasteiger partial charge in [0.2, 0.25) is 0 Å². The average molecular weight is 314 g/mol. The average Bonchev–Trinajstić information content (AvgIpc) is 2.77. The van der Waals surface area contributed by atoms with Gasteiger partial charge >= 0.3 is 0 Å². The third kappa shape index (κ3) is 3.09. The van der Waals surface area contributed by atoms with E-state index in [4.69, 9.17) is 4.42 Å². The van der Waals surface area contributed by atoms with E-state index in [0.717, 1.165) is 35.6 Å². The highest BCUT2D eigenvalue weighted by molar-refractivity contribution is 5.94. The molecule has 0 saturated carbocycles. The molecule has 5 heteroatoms. The number of furan rings is 1. The van der Waals surface area contributed by atoms with Crippen molar-refractivity contribution < 1.29 is 9.21 Å². The Morgan fingerprint density at radius 2 is 2.09 bits per heavy atom. The first-order valence-electron chi connectivity index (χ1n) is 7.85. The highest BCUT2D eigenvalue weighted by Gasteiger charge is 2.35. The summed E-state index contributed by atoms with van der Waals surface area (Å²) in [5.74, 6) is 1.43. The zero-order valence-electron chi connectivity index (χ0n) is 13.9. The predicted octanol–water partition coefficient (Wildman–Crippen LogP) is 3.03. The lowest BCUT2D eigenvalue weighted by atomic mass is 9.74. The molecule has 2 N–H and O–H groups in total. The van der Waals surface area contributed by atoms with Crippen molar-refractivity contribution in [3.05, 3.63) is 56.9 Å². The number of aromatic nitrogens is 1. The highest BCUT2D eigenvalue weighted by atomic mass is 16.3. The summed E-state index contributed by atoms with van der Waals surface area (Å²) in [4.78, 5) is 27.1. The number of H-pyrrole nitrogens is 1. The number of pyridine rings is 1. The summed E-state index contributed by atoms with van der Waals surface area (Å²) < 4.78 is 5.78. The molecule has 0 bridgehead atoms. The van der Waals surface area contributed by atoms with Gasteiger partial charge in [-0.1, -0.05) is 13.8 Å². The van der Waals surface area contributed by atoms with Crippen molar-refractivity contribution in [1.29, 1.82) is 0 Å². The van der Waals surface area contributed by atoms with Crippen molar-refractivity contribution in [3.63, 3.8) is 0 Å². The molecule has 0 radical (unpaired) electrons. The van der Waals surface area contributed by atoms with Crippen LogP contribution in [0.3, 0.4) is 0 Å². The molecular formula is C18H22N2O3. The Morgan fingerprint density at radius 1 is 1.35 bits per heavy atom. The maximum absolute atomic E-state index is 12.5. The number of rotatable bonds is 2. The van der Waals surface area contributed by atoms with E-state index in [1.165, 1.54) is 0 Å². The molecule has 2 aromatic heterocycles. The van der Waals surface area contributed by atoms with Crippen molar-refractivity contribution in [2.45, 2.75) is 46.6 Å². The first-order chi connectivity index (χ1) is 10.7. The molecule has 5 nitrogen and oxygen atoms in total. The maximum Gasteiger partial charge on any atom is 0.260 e. The van der Waals surface area contributed by atoms with Gasteiger partial charge in [0.05, 0.1) is 6.04 Å². The number of fused-ring (bicyclic) bond motifs is 1. The van der Waals surface area contributed by atoms with E-state index < -0.39 is 0 Å². The fraction of sp³-hybridized carbons (Fsp3) is 0.444. The second-order valence-corrected chi connectivity index (χ2v) is 7.19. The number of aromatic amines is 1. The summed E-state index contributed by atoms with van der Waals surface area (Å²) in [6, 6.07) is 5.14. The van der Waals surface area contributed by atoms with Crippen molar-refractivity contribution in [1.82, 2.24) is 10.3 Å². The van der Waals surface area contributed by atoms with Gasteiger partial charge in [-0.15, -0.1) is 0 Å². The number of carbonyl (C=O) groups is 1. The molecule has 0 aliphatic heterocycles.